The monoisotopic (exact) mass is 291 g/mol. The first-order chi connectivity index (χ1) is 10.0. The number of ether oxygens (including phenoxy) is 1. The normalized spacial score (nSPS) is 21.2. The summed E-state index contributed by atoms with van der Waals surface area (Å²) in [6.45, 7) is 3.16. The van der Waals surface area contributed by atoms with Gasteiger partial charge in [-0.3, -0.25) is 4.79 Å². The number of carboxylic acids is 1. The fourth-order valence-electron chi connectivity index (χ4n) is 2.72. The number of carboxylic acid groups (broad SMARTS) is 1. The van der Waals surface area contributed by atoms with Crippen molar-refractivity contribution < 1.29 is 19.4 Å². The van der Waals surface area contributed by atoms with Crippen LogP contribution in [0.25, 0.3) is 0 Å². The van der Waals surface area contributed by atoms with E-state index in [2.05, 4.69) is 0 Å². The highest BCUT2D eigenvalue weighted by Gasteiger charge is 2.34. The second-order valence-corrected chi connectivity index (χ2v) is 5.41. The molecule has 0 bridgehead atoms. The van der Waals surface area contributed by atoms with Crippen LogP contribution in [0.4, 0.5) is 0 Å². The van der Waals surface area contributed by atoms with Crippen LogP contribution in [0, 0.1) is 5.92 Å². The predicted molar refractivity (Wildman–Crippen MR) is 78.0 cm³/mol. The van der Waals surface area contributed by atoms with Crippen LogP contribution in [0.5, 0.6) is 0 Å². The third kappa shape index (κ3) is 3.61. The molecular formula is C16H21NO4. The Labute approximate surface area is 124 Å². The Hall–Kier alpha value is -1.88. The van der Waals surface area contributed by atoms with Gasteiger partial charge >= 0.3 is 5.97 Å². The minimum absolute atomic E-state index is 0.0225. The summed E-state index contributed by atoms with van der Waals surface area (Å²) in [6, 6.07) is 6.61. The van der Waals surface area contributed by atoms with E-state index < -0.39 is 5.97 Å². The fraction of sp³-hybridized carbons (Fsp3) is 0.500. The van der Waals surface area contributed by atoms with Crippen LogP contribution in [-0.2, 0) is 16.1 Å². The Morgan fingerprint density at radius 1 is 1.33 bits per heavy atom. The molecule has 1 aliphatic rings. The summed E-state index contributed by atoms with van der Waals surface area (Å²) in [5.41, 5.74) is 1.17. The van der Waals surface area contributed by atoms with Gasteiger partial charge in [-0.15, -0.1) is 0 Å². The van der Waals surface area contributed by atoms with Crippen LogP contribution in [-0.4, -0.2) is 41.6 Å². The maximum atomic E-state index is 12.4. The number of aromatic carboxylic acids is 1. The van der Waals surface area contributed by atoms with Crippen molar-refractivity contribution in [3.05, 3.63) is 35.4 Å². The van der Waals surface area contributed by atoms with E-state index in [4.69, 9.17) is 9.84 Å². The zero-order chi connectivity index (χ0) is 15.4. The smallest absolute Gasteiger partial charge is 0.335 e. The lowest BCUT2D eigenvalue weighted by molar-refractivity contribution is -0.136. The van der Waals surface area contributed by atoms with Gasteiger partial charge in [-0.25, -0.2) is 4.79 Å². The van der Waals surface area contributed by atoms with Crippen LogP contribution in [0.2, 0.25) is 0 Å². The Morgan fingerprint density at radius 2 is 2.00 bits per heavy atom. The number of benzene rings is 1. The summed E-state index contributed by atoms with van der Waals surface area (Å²) in [5, 5.41) is 8.87. The van der Waals surface area contributed by atoms with Gasteiger partial charge in [-0.1, -0.05) is 19.1 Å². The first-order valence-corrected chi connectivity index (χ1v) is 7.21. The van der Waals surface area contributed by atoms with E-state index in [0.29, 0.717) is 13.2 Å². The molecule has 1 aliphatic heterocycles. The standard InChI is InChI=1S/C16H21NO4/c1-3-14-13(8-9-21-14)15(18)17(2)10-11-4-6-12(7-5-11)16(19)20/h4-7,13-14H,3,8-10H2,1-2H3,(H,19,20). The number of hydrogen-bond acceptors (Lipinski definition) is 3. The molecular weight excluding hydrogens is 270 g/mol. The summed E-state index contributed by atoms with van der Waals surface area (Å²) < 4.78 is 5.57. The van der Waals surface area contributed by atoms with Gasteiger partial charge in [0.05, 0.1) is 17.6 Å². The highest BCUT2D eigenvalue weighted by Crippen LogP contribution is 2.25. The zero-order valence-corrected chi connectivity index (χ0v) is 12.4. The molecule has 1 heterocycles. The van der Waals surface area contributed by atoms with Crippen molar-refractivity contribution in [1.29, 1.82) is 0 Å². The van der Waals surface area contributed by atoms with E-state index in [-0.39, 0.29) is 23.5 Å². The van der Waals surface area contributed by atoms with Crippen molar-refractivity contribution in [2.75, 3.05) is 13.7 Å². The number of carbonyl (C=O) groups excluding carboxylic acids is 1. The van der Waals surface area contributed by atoms with Gasteiger partial charge in [0.1, 0.15) is 0 Å². The second-order valence-electron chi connectivity index (χ2n) is 5.41. The van der Waals surface area contributed by atoms with E-state index in [1.165, 1.54) is 0 Å². The van der Waals surface area contributed by atoms with E-state index in [9.17, 15) is 9.59 Å². The molecule has 1 aromatic rings. The third-order valence-corrected chi connectivity index (χ3v) is 3.93. The maximum absolute atomic E-state index is 12.4. The molecule has 1 amide bonds. The molecule has 2 unspecified atom stereocenters. The van der Waals surface area contributed by atoms with E-state index >= 15 is 0 Å². The molecule has 0 aliphatic carbocycles. The minimum Gasteiger partial charge on any atom is -0.478 e. The molecule has 114 valence electrons. The zero-order valence-electron chi connectivity index (χ0n) is 12.4. The number of hydrogen-bond donors (Lipinski definition) is 1. The maximum Gasteiger partial charge on any atom is 0.335 e. The third-order valence-electron chi connectivity index (χ3n) is 3.93. The quantitative estimate of drug-likeness (QED) is 0.902. The molecule has 0 radical (unpaired) electrons. The molecule has 1 N–H and O–H groups in total. The van der Waals surface area contributed by atoms with Gasteiger partial charge in [-0.05, 0) is 30.5 Å². The van der Waals surface area contributed by atoms with Crippen molar-refractivity contribution in [2.24, 2.45) is 5.92 Å². The summed E-state index contributed by atoms with van der Waals surface area (Å²) >= 11 is 0. The highest BCUT2D eigenvalue weighted by molar-refractivity contribution is 5.87. The van der Waals surface area contributed by atoms with Gasteiger partial charge in [0.2, 0.25) is 5.91 Å². The molecule has 2 rings (SSSR count). The molecule has 1 fully saturated rings. The lowest BCUT2D eigenvalue weighted by atomic mass is 9.98. The van der Waals surface area contributed by atoms with Gasteiger partial charge in [0, 0.05) is 20.2 Å². The molecule has 2 atom stereocenters. The van der Waals surface area contributed by atoms with Gasteiger partial charge < -0.3 is 14.7 Å². The van der Waals surface area contributed by atoms with Crippen molar-refractivity contribution in [2.45, 2.75) is 32.4 Å². The molecule has 1 saturated heterocycles. The average Bonchev–Trinajstić information content (AvgIpc) is 2.95. The van der Waals surface area contributed by atoms with Crippen LogP contribution in [0.15, 0.2) is 24.3 Å². The Bertz CT molecular complexity index is 512. The number of rotatable bonds is 5. The van der Waals surface area contributed by atoms with Gasteiger partial charge in [0.15, 0.2) is 0 Å². The molecule has 0 saturated carbocycles. The number of carbonyl (C=O) groups is 2. The summed E-state index contributed by atoms with van der Waals surface area (Å²) in [5.74, 6) is -0.903. The molecule has 21 heavy (non-hydrogen) atoms. The highest BCUT2D eigenvalue weighted by atomic mass is 16.5. The summed E-state index contributed by atoms with van der Waals surface area (Å²) in [6.07, 6.45) is 1.64. The average molecular weight is 291 g/mol. The largest absolute Gasteiger partial charge is 0.478 e. The Morgan fingerprint density at radius 3 is 2.57 bits per heavy atom. The molecule has 5 heteroatoms. The molecule has 5 nitrogen and oxygen atoms in total. The van der Waals surface area contributed by atoms with Crippen molar-refractivity contribution in [1.82, 2.24) is 4.90 Å². The topological polar surface area (TPSA) is 66.8 Å². The SMILES string of the molecule is CCC1OCCC1C(=O)N(C)Cc1ccc(C(=O)O)cc1. The Balaban J connectivity index is 1.98. The first-order valence-electron chi connectivity index (χ1n) is 7.21. The lowest BCUT2D eigenvalue weighted by Gasteiger charge is -2.23. The lowest BCUT2D eigenvalue weighted by Crippen LogP contribution is -2.36. The van der Waals surface area contributed by atoms with E-state index in [1.54, 1.807) is 36.2 Å². The second kappa shape index (κ2) is 6.72. The van der Waals surface area contributed by atoms with Crippen LogP contribution >= 0.6 is 0 Å². The van der Waals surface area contributed by atoms with Crippen molar-refractivity contribution in [3.8, 4) is 0 Å². The number of nitrogens with zero attached hydrogens (tertiary/aromatic N) is 1. The van der Waals surface area contributed by atoms with Crippen LogP contribution in [0.3, 0.4) is 0 Å². The molecule has 0 aromatic heterocycles. The van der Waals surface area contributed by atoms with E-state index in [1.807, 2.05) is 6.92 Å². The summed E-state index contributed by atoms with van der Waals surface area (Å²) in [4.78, 5) is 24.9. The predicted octanol–water partition coefficient (Wildman–Crippen LogP) is 2.16. The molecule has 0 spiro atoms. The van der Waals surface area contributed by atoms with E-state index in [0.717, 1.165) is 18.4 Å². The van der Waals surface area contributed by atoms with Crippen LogP contribution < -0.4 is 0 Å². The fourth-order valence-corrected chi connectivity index (χ4v) is 2.72. The van der Waals surface area contributed by atoms with Gasteiger partial charge in [0.25, 0.3) is 0 Å². The first kappa shape index (κ1) is 15.5. The number of amides is 1. The summed E-state index contributed by atoms with van der Waals surface area (Å²) in [7, 11) is 1.78. The van der Waals surface area contributed by atoms with Gasteiger partial charge in [-0.2, -0.15) is 0 Å². The van der Waals surface area contributed by atoms with Crippen molar-refractivity contribution >= 4 is 11.9 Å². The van der Waals surface area contributed by atoms with Crippen molar-refractivity contribution in [3.63, 3.8) is 0 Å². The molecule has 1 aromatic carbocycles. The minimum atomic E-state index is -0.945. The Kier molecular flexibility index (Phi) is 4.96. The van der Waals surface area contributed by atoms with Crippen LogP contribution in [0.1, 0.15) is 35.7 Å².